The first-order valence-corrected chi connectivity index (χ1v) is 8.75. The Morgan fingerprint density at radius 3 is 2.48 bits per heavy atom. The van der Waals surface area contributed by atoms with Crippen LogP contribution >= 0.6 is 35.7 Å². The van der Waals surface area contributed by atoms with Gasteiger partial charge in [0.2, 0.25) is 0 Å². The molecular formula is C15H33IN4S. The van der Waals surface area contributed by atoms with Crippen molar-refractivity contribution >= 4 is 41.7 Å². The van der Waals surface area contributed by atoms with E-state index in [9.17, 15) is 0 Å². The molecule has 1 aliphatic heterocycles. The molecule has 126 valence electrons. The SMILES string of the molecule is CCN(CC)C(C)CNC(=NC)N1CCSC(C)(C)C1.I. The monoisotopic (exact) mass is 428 g/mol. The van der Waals surface area contributed by atoms with Crippen molar-refractivity contribution in [1.29, 1.82) is 0 Å². The molecule has 0 aromatic carbocycles. The summed E-state index contributed by atoms with van der Waals surface area (Å²) in [5, 5.41) is 3.55. The van der Waals surface area contributed by atoms with E-state index in [4.69, 9.17) is 0 Å². The first-order valence-electron chi connectivity index (χ1n) is 7.77. The smallest absolute Gasteiger partial charge is 0.193 e. The molecule has 1 saturated heterocycles. The summed E-state index contributed by atoms with van der Waals surface area (Å²) in [5.41, 5.74) is 0. The Morgan fingerprint density at radius 2 is 2.00 bits per heavy atom. The Morgan fingerprint density at radius 1 is 1.38 bits per heavy atom. The van der Waals surface area contributed by atoms with Crippen molar-refractivity contribution < 1.29 is 0 Å². The van der Waals surface area contributed by atoms with E-state index in [1.54, 1.807) is 0 Å². The second-order valence-corrected chi connectivity index (χ2v) is 7.83. The molecule has 1 fully saturated rings. The van der Waals surface area contributed by atoms with Gasteiger partial charge in [0, 0.05) is 43.2 Å². The molecule has 0 spiro atoms. The molecule has 1 atom stereocenters. The third-order valence-corrected chi connectivity index (χ3v) is 5.23. The van der Waals surface area contributed by atoms with Gasteiger partial charge in [0.15, 0.2) is 5.96 Å². The number of aliphatic imine (C=N–C) groups is 1. The molecular weight excluding hydrogens is 395 g/mol. The Hall–Kier alpha value is 0.310. The van der Waals surface area contributed by atoms with Gasteiger partial charge < -0.3 is 10.2 Å². The Balaban J connectivity index is 0.00000400. The van der Waals surface area contributed by atoms with Gasteiger partial charge in [0.25, 0.3) is 0 Å². The number of guanidine groups is 1. The van der Waals surface area contributed by atoms with Gasteiger partial charge in [-0.15, -0.1) is 24.0 Å². The van der Waals surface area contributed by atoms with E-state index >= 15 is 0 Å². The third kappa shape index (κ3) is 6.95. The molecule has 0 aromatic rings. The zero-order chi connectivity index (χ0) is 15.2. The highest BCUT2D eigenvalue weighted by atomic mass is 127. The highest BCUT2D eigenvalue weighted by Gasteiger charge is 2.28. The largest absolute Gasteiger partial charge is 0.355 e. The number of hydrogen-bond donors (Lipinski definition) is 1. The second kappa shape index (κ2) is 10.2. The maximum absolute atomic E-state index is 4.46. The molecule has 0 bridgehead atoms. The van der Waals surface area contributed by atoms with E-state index in [0.29, 0.717) is 10.8 Å². The Bertz CT molecular complexity index is 319. The Kier molecular flexibility index (Phi) is 10.3. The fourth-order valence-corrected chi connectivity index (χ4v) is 3.86. The van der Waals surface area contributed by atoms with Crippen molar-refractivity contribution in [2.24, 2.45) is 4.99 Å². The zero-order valence-corrected chi connectivity index (χ0v) is 17.6. The van der Waals surface area contributed by atoms with Crippen LogP contribution in [0.25, 0.3) is 0 Å². The summed E-state index contributed by atoms with van der Waals surface area (Å²) in [7, 11) is 1.89. The van der Waals surface area contributed by atoms with Crippen molar-refractivity contribution in [2.45, 2.75) is 45.4 Å². The fraction of sp³-hybridized carbons (Fsp3) is 0.933. The highest BCUT2D eigenvalue weighted by Crippen LogP contribution is 2.29. The molecule has 21 heavy (non-hydrogen) atoms. The van der Waals surface area contributed by atoms with Gasteiger partial charge in [-0.05, 0) is 33.9 Å². The van der Waals surface area contributed by atoms with Gasteiger partial charge >= 0.3 is 0 Å². The third-order valence-electron chi connectivity index (χ3n) is 3.93. The summed E-state index contributed by atoms with van der Waals surface area (Å²) in [4.78, 5) is 9.33. The van der Waals surface area contributed by atoms with Crippen LogP contribution in [0.1, 0.15) is 34.6 Å². The summed E-state index contributed by atoms with van der Waals surface area (Å²) in [6, 6.07) is 0.536. The van der Waals surface area contributed by atoms with Crippen molar-refractivity contribution in [2.75, 3.05) is 45.5 Å². The molecule has 0 saturated carbocycles. The minimum absolute atomic E-state index is 0. The van der Waals surface area contributed by atoms with E-state index in [-0.39, 0.29) is 24.0 Å². The number of rotatable bonds is 5. The van der Waals surface area contributed by atoms with E-state index in [1.165, 1.54) is 5.75 Å². The lowest BCUT2D eigenvalue weighted by atomic mass is 10.2. The maximum Gasteiger partial charge on any atom is 0.193 e. The van der Waals surface area contributed by atoms with Gasteiger partial charge in [0.05, 0.1) is 0 Å². The summed E-state index contributed by atoms with van der Waals surface area (Å²) < 4.78 is 0.320. The number of nitrogens with zero attached hydrogens (tertiary/aromatic N) is 3. The molecule has 1 unspecified atom stereocenters. The summed E-state index contributed by atoms with van der Waals surface area (Å²) in [6.45, 7) is 16.7. The van der Waals surface area contributed by atoms with Gasteiger partial charge in [-0.1, -0.05) is 13.8 Å². The number of thioether (sulfide) groups is 1. The minimum Gasteiger partial charge on any atom is -0.355 e. The maximum atomic E-state index is 4.46. The van der Waals surface area contributed by atoms with Gasteiger partial charge in [-0.3, -0.25) is 9.89 Å². The molecule has 0 amide bonds. The van der Waals surface area contributed by atoms with Crippen LogP contribution < -0.4 is 5.32 Å². The van der Waals surface area contributed by atoms with Crippen LogP contribution in [0.5, 0.6) is 0 Å². The number of halogens is 1. The van der Waals surface area contributed by atoms with Gasteiger partial charge in [-0.2, -0.15) is 11.8 Å². The van der Waals surface area contributed by atoms with Crippen LogP contribution in [-0.4, -0.2) is 72.1 Å². The summed E-state index contributed by atoms with van der Waals surface area (Å²) >= 11 is 2.06. The first-order chi connectivity index (χ1) is 9.43. The van der Waals surface area contributed by atoms with Crippen molar-refractivity contribution in [3.8, 4) is 0 Å². The summed E-state index contributed by atoms with van der Waals surface area (Å²) in [6.07, 6.45) is 0. The van der Waals surface area contributed by atoms with E-state index < -0.39 is 0 Å². The molecule has 0 radical (unpaired) electrons. The van der Waals surface area contributed by atoms with Crippen LogP contribution in [-0.2, 0) is 0 Å². The van der Waals surface area contributed by atoms with Crippen LogP contribution in [0, 0.1) is 0 Å². The van der Waals surface area contributed by atoms with Gasteiger partial charge in [-0.25, -0.2) is 0 Å². The highest BCUT2D eigenvalue weighted by molar-refractivity contribution is 14.0. The van der Waals surface area contributed by atoms with Crippen molar-refractivity contribution in [1.82, 2.24) is 15.1 Å². The number of likely N-dealkylation sites (N-methyl/N-ethyl adjacent to an activating group) is 1. The predicted molar refractivity (Wildman–Crippen MR) is 107 cm³/mol. The molecule has 1 N–H and O–H groups in total. The normalized spacial score (nSPS) is 20.1. The van der Waals surface area contributed by atoms with Crippen molar-refractivity contribution in [3.05, 3.63) is 0 Å². The van der Waals surface area contributed by atoms with E-state index in [0.717, 1.165) is 38.7 Å². The van der Waals surface area contributed by atoms with E-state index in [1.807, 2.05) is 7.05 Å². The quantitative estimate of drug-likeness (QED) is 0.415. The molecule has 1 aliphatic rings. The minimum atomic E-state index is 0. The molecule has 0 aliphatic carbocycles. The van der Waals surface area contributed by atoms with Crippen LogP contribution in [0.3, 0.4) is 0 Å². The van der Waals surface area contributed by atoms with Crippen LogP contribution in [0.4, 0.5) is 0 Å². The van der Waals surface area contributed by atoms with Crippen LogP contribution in [0.2, 0.25) is 0 Å². The van der Waals surface area contributed by atoms with Crippen molar-refractivity contribution in [3.63, 3.8) is 0 Å². The molecule has 0 aromatic heterocycles. The lowest BCUT2D eigenvalue weighted by Gasteiger charge is -2.39. The lowest BCUT2D eigenvalue weighted by molar-refractivity contribution is 0.229. The fourth-order valence-electron chi connectivity index (χ4n) is 2.74. The first kappa shape index (κ1) is 21.3. The standard InChI is InChI=1S/C15H32N4S.HI/c1-7-18(8-2)13(3)11-17-14(16-6)19-9-10-20-15(4,5)12-19;/h13H,7-12H2,1-6H3,(H,16,17);1H. The molecule has 4 nitrogen and oxygen atoms in total. The zero-order valence-electron chi connectivity index (χ0n) is 14.5. The van der Waals surface area contributed by atoms with Crippen LogP contribution in [0.15, 0.2) is 4.99 Å². The lowest BCUT2D eigenvalue weighted by Crippen LogP contribution is -2.53. The predicted octanol–water partition coefficient (Wildman–Crippen LogP) is 2.74. The Labute approximate surface area is 152 Å². The summed E-state index contributed by atoms with van der Waals surface area (Å²) in [5.74, 6) is 2.23. The van der Waals surface area contributed by atoms with E-state index in [2.05, 4.69) is 66.5 Å². The molecule has 1 rings (SSSR count). The average molecular weight is 428 g/mol. The van der Waals surface area contributed by atoms with Gasteiger partial charge in [0.1, 0.15) is 0 Å². The molecule has 6 heteroatoms. The molecule has 1 heterocycles. The topological polar surface area (TPSA) is 30.9 Å². The number of nitrogens with one attached hydrogen (secondary N) is 1. The number of hydrogen-bond acceptors (Lipinski definition) is 3. The second-order valence-electron chi connectivity index (χ2n) is 6.03. The average Bonchev–Trinajstić information content (AvgIpc) is 2.39.